The van der Waals surface area contributed by atoms with Crippen LogP contribution in [0.25, 0.3) is 11.3 Å². The van der Waals surface area contributed by atoms with E-state index in [1.54, 1.807) is 24.0 Å². The molecule has 0 radical (unpaired) electrons. The van der Waals surface area contributed by atoms with Crippen molar-refractivity contribution in [1.29, 1.82) is 0 Å². The molecule has 0 spiro atoms. The van der Waals surface area contributed by atoms with E-state index < -0.39 is 29.6 Å². The molecule has 0 bridgehead atoms. The number of hydrogen-bond donors (Lipinski definition) is 2. The number of rotatable bonds is 7. The number of hydrogen-bond acceptors (Lipinski definition) is 5. The number of urea groups is 1. The second kappa shape index (κ2) is 11.3. The summed E-state index contributed by atoms with van der Waals surface area (Å²) in [6, 6.07) is 6.90. The first kappa shape index (κ1) is 31.3. The van der Waals surface area contributed by atoms with Crippen LogP contribution in [0.3, 0.4) is 0 Å². The number of alkyl halides is 3. The van der Waals surface area contributed by atoms with Crippen LogP contribution in [0.15, 0.2) is 36.4 Å². The van der Waals surface area contributed by atoms with Crippen molar-refractivity contribution < 1.29 is 42.1 Å². The summed E-state index contributed by atoms with van der Waals surface area (Å²) >= 11 is 6.49. The molecule has 14 heteroatoms. The molecular formula is C31H31ClF4N4O5. The van der Waals surface area contributed by atoms with Gasteiger partial charge in [0, 0.05) is 54.0 Å². The summed E-state index contributed by atoms with van der Waals surface area (Å²) in [5.41, 5.74) is -1.66. The Balaban J connectivity index is 1.43. The normalized spacial score (nSPS) is 19.9. The molecule has 240 valence electrons. The van der Waals surface area contributed by atoms with E-state index in [1.807, 2.05) is 0 Å². The van der Waals surface area contributed by atoms with Crippen molar-refractivity contribution >= 4 is 23.6 Å². The van der Waals surface area contributed by atoms with E-state index in [2.05, 4.69) is 5.10 Å². The quantitative estimate of drug-likeness (QED) is 0.331. The highest BCUT2D eigenvalue weighted by Gasteiger charge is 2.65. The van der Waals surface area contributed by atoms with Crippen LogP contribution < -0.4 is 0 Å². The minimum atomic E-state index is -4.58. The van der Waals surface area contributed by atoms with E-state index in [0.29, 0.717) is 37.2 Å². The van der Waals surface area contributed by atoms with Gasteiger partial charge in [0.25, 0.3) is 0 Å². The van der Waals surface area contributed by atoms with Gasteiger partial charge < -0.3 is 24.7 Å². The lowest BCUT2D eigenvalue weighted by Crippen LogP contribution is -2.59. The van der Waals surface area contributed by atoms with Crippen LogP contribution in [0.1, 0.15) is 58.2 Å². The smallest absolute Gasteiger partial charge is 0.398 e. The second-order valence-electron chi connectivity index (χ2n) is 11.9. The number of aliphatic hydroxyl groups is 1. The van der Waals surface area contributed by atoms with Crippen LogP contribution in [0.2, 0.25) is 5.02 Å². The maximum absolute atomic E-state index is 15.3. The number of nitrogens with zero attached hydrogens (tertiary/aromatic N) is 4. The van der Waals surface area contributed by atoms with Crippen LogP contribution in [0.4, 0.5) is 22.4 Å². The summed E-state index contributed by atoms with van der Waals surface area (Å²) in [5.74, 6) is -2.17. The van der Waals surface area contributed by atoms with Gasteiger partial charge in [-0.15, -0.1) is 0 Å². The number of carboxylic acid groups (broad SMARTS) is 1. The van der Waals surface area contributed by atoms with Gasteiger partial charge in [-0.25, -0.2) is 18.7 Å². The highest BCUT2D eigenvalue weighted by atomic mass is 35.5. The molecule has 45 heavy (non-hydrogen) atoms. The van der Waals surface area contributed by atoms with Gasteiger partial charge in [0.15, 0.2) is 6.23 Å². The number of likely N-dealkylation sites (N-methyl/N-ethyl adjacent to an activating group) is 1. The Hall–Kier alpha value is -3.68. The van der Waals surface area contributed by atoms with E-state index in [9.17, 15) is 33.0 Å². The topological polar surface area (TPSA) is 108 Å². The Bertz CT molecular complexity index is 1670. The van der Waals surface area contributed by atoms with Gasteiger partial charge >= 0.3 is 18.2 Å². The SMILES string of the molecule is COC1CN(C(=O)N(C)C2CCc3c(-c4ccc(C(=O)O)cc4F)nn(C(O)c4c(Cl)cccc4C4(C(F)(F)F)CC4)c3C2)C1. The molecule has 2 unspecified atom stereocenters. The zero-order valence-corrected chi connectivity index (χ0v) is 25.2. The van der Waals surface area contributed by atoms with Crippen LogP contribution in [-0.2, 0) is 23.0 Å². The van der Waals surface area contributed by atoms with Crippen molar-refractivity contribution in [2.24, 2.45) is 0 Å². The molecule has 2 heterocycles. The first-order valence-corrected chi connectivity index (χ1v) is 14.9. The summed E-state index contributed by atoms with van der Waals surface area (Å²) in [4.78, 5) is 27.8. The predicted molar refractivity (Wildman–Crippen MR) is 155 cm³/mol. The number of aromatic carboxylic acids is 1. The number of aliphatic hydroxyl groups excluding tert-OH is 1. The molecule has 1 aliphatic heterocycles. The Labute approximate surface area is 260 Å². The summed E-state index contributed by atoms with van der Waals surface area (Å²) in [6.45, 7) is 0.889. The molecule has 2 N–H and O–H groups in total. The molecule has 9 nitrogen and oxygen atoms in total. The molecule has 1 saturated carbocycles. The van der Waals surface area contributed by atoms with Gasteiger partial charge in [-0.1, -0.05) is 23.7 Å². The minimum absolute atomic E-state index is 0.0235. The number of fused-ring (bicyclic) bond motifs is 1. The average molecular weight is 651 g/mol. The molecule has 3 aliphatic rings. The molecule has 2 aliphatic carbocycles. The molecular weight excluding hydrogens is 620 g/mol. The van der Waals surface area contributed by atoms with E-state index in [-0.39, 0.29) is 70.4 Å². The van der Waals surface area contributed by atoms with Crippen molar-refractivity contribution in [3.05, 3.63) is 75.2 Å². The van der Waals surface area contributed by atoms with E-state index in [0.717, 1.165) is 6.07 Å². The fourth-order valence-corrected chi connectivity index (χ4v) is 6.77. The number of benzene rings is 2. The minimum Gasteiger partial charge on any atom is -0.478 e. The Morgan fingerprint density at radius 2 is 1.91 bits per heavy atom. The lowest BCUT2D eigenvalue weighted by Gasteiger charge is -2.42. The predicted octanol–water partition coefficient (Wildman–Crippen LogP) is 5.41. The molecule has 3 aromatic rings. The summed E-state index contributed by atoms with van der Waals surface area (Å²) in [6.07, 6.45) is -5.76. The van der Waals surface area contributed by atoms with Gasteiger partial charge in [0.2, 0.25) is 0 Å². The second-order valence-corrected chi connectivity index (χ2v) is 12.3. The van der Waals surface area contributed by atoms with Crippen molar-refractivity contribution in [2.75, 3.05) is 27.2 Å². The first-order valence-electron chi connectivity index (χ1n) is 14.5. The molecule has 1 saturated heterocycles. The van der Waals surface area contributed by atoms with Crippen molar-refractivity contribution in [3.8, 4) is 11.3 Å². The number of carboxylic acids is 1. The molecule has 2 amide bonds. The highest BCUT2D eigenvalue weighted by Crippen LogP contribution is 2.60. The highest BCUT2D eigenvalue weighted by molar-refractivity contribution is 6.31. The fourth-order valence-electron chi connectivity index (χ4n) is 6.50. The molecule has 6 rings (SSSR count). The first-order chi connectivity index (χ1) is 21.3. The molecule has 2 fully saturated rings. The van der Waals surface area contributed by atoms with E-state index >= 15 is 4.39 Å². The zero-order chi connectivity index (χ0) is 32.4. The number of halogens is 5. The third kappa shape index (κ3) is 5.24. The number of carbonyl (C=O) groups excluding carboxylic acids is 1. The molecule has 2 aromatic carbocycles. The monoisotopic (exact) mass is 650 g/mol. The Kier molecular flexibility index (Phi) is 7.85. The third-order valence-electron chi connectivity index (χ3n) is 9.40. The number of methoxy groups -OCH3 is 1. The van der Waals surface area contributed by atoms with E-state index in [4.69, 9.17) is 16.3 Å². The van der Waals surface area contributed by atoms with Crippen LogP contribution in [0, 0.1) is 5.82 Å². The molecule has 2 atom stereocenters. The number of likely N-dealkylation sites (tertiary alicyclic amines) is 1. The largest absolute Gasteiger partial charge is 0.478 e. The average Bonchev–Trinajstić information content (AvgIpc) is 3.72. The number of ether oxygens (including phenoxy) is 1. The van der Waals surface area contributed by atoms with Crippen molar-refractivity contribution in [2.45, 2.75) is 62.1 Å². The van der Waals surface area contributed by atoms with Crippen molar-refractivity contribution in [3.63, 3.8) is 0 Å². The van der Waals surface area contributed by atoms with Gasteiger partial charge in [0.05, 0.1) is 35.9 Å². The lowest BCUT2D eigenvalue weighted by atomic mass is 9.88. The lowest BCUT2D eigenvalue weighted by molar-refractivity contribution is -0.161. The summed E-state index contributed by atoms with van der Waals surface area (Å²) < 4.78 is 64.6. The third-order valence-corrected chi connectivity index (χ3v) is 9.73. The number of amides is 2. The fraction of sp³-hybridized carbons (Fsp3) is 0.452. The summed E-state index contributed by atoms with van der Waals surface area (Å²) in [5, 5.41) is 25.6. The number of aromatic nitrogens is 2. The van der Waals surface area contributed by atoms with Crippen LogP contribution in [0.5, 0.6) is 0 Å². The maximum Gasteiger partial charge on any atom is 0.398 e. The molecule has 1 aromatic heterocycles. The zero-order valence-electron chi connectivity index (χ0n) is 24.4. The van der Waals surface area contributed by atoms with Gasteiger partial charge in [-0.05, 0) is 55.5 Å². The maximum atomic E-state index is 15.3. The van der Waals surface area contributed by atoms with Crippen LogP contribution >= 0.6 is 11.6 Å². The van der Waals surface area contributed by atoms with Crippen LogP contribution in [-0.4, -0.2) is 87.4 Å². The van der Waals surface area contributed by atoms with Gasteiger partial charge in [-0.2, -0.15) is 18.3 Å². The Morgan fingerprint density at radius 3 is 2.51 bits per heavy atom. The number of carbonyl (C=O) groups is 2. The Morgan fingerprint density at radius 1 is 1.20 bits per heavy atom. The summed E-state index contributed by atoms with van der Waals surface area (Å²) in [7, 11) is 3.23. The van der Waals surface area contributed by atoms with Crippen molar-refractivity contribution in [1.82, 2.24) is 19.6 Å². The van der Waals surface area contributed by atoms with E-state index in [1.165, 1.54) is 35.0 Å². The van der Waals surface area contributed by atoms with Gasteiger partial charge in [-0.3, -0.25) is 0 Å². The van der Waals surface area contributed by atoms with Gasteiger partial charge in [0.1, 0.15) is 5.82 Å². The standard InChI is InChI=1S/C31H31ClF4N4O5/c1-38(29(44)39-14-18(15-39)45-2)17-7-9-20-24(13-17)40(37-26(20)19-8-6-16(28(42)43)12-23(19)33)27(41)25-21(4-3-5-22(25)32)30(10-11-30)31(34,35)36/h3-6,8,12,17-18,27,41H,7,9-11,13-15H2,1-2H3,(H,42,43).